The number of hydrogen-bond donors (Lipinski definition) is 1. The summed E-state index contributed by atoms with van der Waals surface area (Å²) < 4.78 is 21.0. The molecule has 138 valence electrons. The molecule has 2 rings (SSSR count). The number of hydrogen-bond acceptors (Lipinski definition) is 6. The summed E-state index contributed by atoms with van der Waals surface area (Å²) in [6.07, 6.45) is 0.710. The van der Waals surface area contributed by atoms with Gasteiger partial charge in [-0.05, 0) is 35.9 Å². The second-order valence-corrected chi connectivity index (χ2v) is 5.28. The van der Waals surface area contributed by atoms with Gasteiger partial charge in [-0.3, -0.25) is 9.59 Å². The van der Waals surface area contributed by atoms with Crippen LogP contribution in [-0.2, 0) is 11.3 Å². The highest BCUT2D eigenvalue weighted by atomic mass is 16.5. The smallest absolute Gasteiger partial charge is 0.258 e. The number of nitrogens with one attached hydrogen (secondary N) is 1. The Labute approximate surface area is 151 Å². The van der Waals surface area contributed by atoms with E-state index in [1.54, 1.807) is 44.6 Å². The van der Waals surface area contributed by atoms with Crippen LogP contribution < -0.4 is 24.3 Å². The predicted octanol–water partition coefficient (Wildman–Crippen LogP) is 2.22. The third-order valence-corrected chi connectivity index (χ3v) is 3.62. The van der Waals surface area contributed by atoms with Crippen LogP contribution in [0.3, 0.4) is 0 Å². The molecule has 26 heavy (non-hydrogen) atoms. The largest absolute Gasteiger partial charge is 0.493 e. The van der Waals surface area contributed by atoms with Crippen LogP contribution >= 0.6 is 0 Å². The van der Waals surface area contributed by atoms with Gasteiger partial charge < -0.3 is 24.3 Å². The third-order valence-electron chi connectivity index (χ3n) is 3.62. The number of benzene rings is 2. The van der Waals surface area contributed by atoms with Gasteiger partial charge in [0.05, 0.1) is 21.3 Å². The molecule has 0 bridgehead atoms. The number of rotatable bonds is 9. The molecule has 1 N–H and O–H groups in total. The summed E-state index contributed by atoms with van der Waals surface area (Å²) in [5.74, 6) is 1.70. The number of aldehydes is 1. The van der Waals surface area contributed by atoms with Crippen LogP contribution in [-0.4, -0.2) is 40.1 Å². The maximum Gasteiger partial charge on any atom is 0.258 e. The maximum absolute atomic E-state index is 12.0. The third kappa shape index (κ3) is 4.89. The number of amides is 1. The van der Waals surface area contributed by atoms with Crippen LogP contribution in [0.15, 0.2) is 36.4 Å². The molecule has 0 aromatic heterocycles. The van der Waals surface area contributed by atoms with Crippen molar-refractivity contribution in [1.82, 2.24) is 5.32 Å². The second-order valence-electron chi connectivity index (χ2n) is 5.28. The summed E-state index contributed by atoms with van der Waals surface area (Å²) in [7, 11) is 4.58. The summed E-state index contributed by atoms with van der Waals surface area (Å²) in [6, 6.07) is 10.1. The van der Waals surface area contributed by atoms with E-state index in [9.17, 15) is 9.59 Å². The minimum absolute atomic E-state index is 0.177. The summed E-state index contributed by atoms with van der Waals surface area (Å²) in [4.78, 5) is 22.8. The van der Waals surface area contributed by atoms with E-state index in [0.29, 0.717) is 41.4 Å². The van der Waals surface area contributed by atoms with Crippen LogP contribution in [0.2, 0.25) is 0 Å². The molecule has 0 radical (unpaired) electrons. The number of carbonyl (C=O) groups is 2. The van der Waals surface area contributed by atoms with E-state index in [4.69, 9.17) is 18.9 Å². The Morgan fingerprint density at radius 1 is 0.923 bits per heavy atom. The molecule has 0 aliphatic carbocycles. The molecule has 7 heteroatoms. The van der Waals surface area contributed by atoms with Gasteiger partial charge in [0.2, 0.25) is 0 Å². The Bertz CT molecular complexity index is 775. The molecule has 2 aromatic carbocycles. The molecular formula is C19H21NO6. The average molecular weight is 359 g/mol. The maximum atomic E-state index is 12.0. The highest BCUT2D eigenvalue weighted by Gasteiger charge is 2.10. The van der Waals surface area contributed by atoms with Crippen LogP contribution in [0, 0.1) is 0 Å². The first-order chi connectivity index (χ1) is 12.6. The van der Waals surface area contributed by atoms with Crippen LogP contribution in [0.25, 0.3) is 0 Å². The normalized spacial score (nSPS) is 9.96. The van der Waals surface area contributed by atoms with Crippen molar-refractivity contribution < 1.29 is 28.5 Å². The summed E-state index contributed by atoms with van der Waals surface area (Å²) in [5, 5.41) is 2.76. The van der Waals surface area contributed by atoms with Gasteiger partial charge in [-0.25, -0.2) is 0 Å². The first-order valence-corrected chi connectivity index (χ1v) is 7.85. The van der Waals surface area contributed by atoms with Crippen LogP contribution in [0.5, 0.6) is 23.0 Å². The fourth-order valence-electron chi connectivity index (χ4n) is 2.26. The Hall–Kier alpha value is -3.22. The van der Waals surface area contributed by atoms with Crippen molar-refractivity contribution in [1.29, 1.82) is 0 Å². The van der Waals surface area contributed by atoms with E-state index in [2.05, 4.69) is 5.32 Å². The molecule has 1 amide bonds. The van der Waals surface area contributed by atoms with Gasteiger partial charge in [-0.1, -0.05) is 6.07 Å². The minimum Gasteiger partial charge on any atom is -0.493 e. The molecule has 0 aliphatic heterocycles. The van der Waals surface area contributed by atoms with E-state index in [1.165, 1.54) is 7.11 Å². The Kier molecular flexibility index (Phi) is 6.84. The Morgan fingerprint density at radius 2 is 1.58 bits per heavy atom. The molecule has 0 saturated carbocycles. The summed E-state index contributed by atoms with van der Waals surface area (Å²) in [6.45, 7) is 0.147. The van der Waals surface area contributed by atoms with Gasteiger partial charge in [-0.2, -0.15) is 0 Å². The average Bonchev–Trinajstić information content (AvgIpc) is 2.70. The number of ether oxygens (including phenoxy) is 4. The second kappa shape index (κ2) is 9.31. The van der Waals surface area contributed by atoms with Crippen LogP contribution in [0.1, 0.15) is 15.9 Å². The van der Waals surface area contributed by atoms with E-state index >= 15 is 0 Å². The highest BCUT2D eigenvalue weighted by molar-refractivity contribution is 5.78. The van der Waals surface area contributed by atoms with Crippen molar-refractivity contribution >= 4 is 12.2 Å². The van der Waals surface area contributed by atoms with Gasteiger partial charge in [0.25, 0.3) is 5.91 Å². The molecule has 0 spiro atoms. The summed E-state index contributed by atoms with van der Waals surface area (Å²) in [5.41, 5.74) is 1.33. The van der Waals surface area contributed by atoms with Crippen molar-refractivity contribution in [2.45, 2.75) is 6.54 Å². The van der Waals surface area contributed by atoms with E-state index in [0.717, 1.165) is 5.56 Å². The molecule has 0 atom stereocenters. The van der Waals surface area contributed by atoms with Crippen molar-refractivity contribution in [2.24, 2.45) is 0 Å². The molecule has 0 fully saturated rings. The van der Waals surface area contributed by atoms with Crippen molar-refractivity contribution in [3.05, 3.63) is 47.5 Å². The van der Waals surface area contributed by atoms with Crippen molar-refractivity contribution in [2.75, 3.05) is 27.9 Å². The molecule has 0 saturated heterocycles. The standard InChI is InChI=1S/C19H21NO6/c1-23-15-6-4-13(8-17(15)24-2)10-20-19(22)12-26-16-7-5-14(11-21)9-18(16)25-3/h4-9,11H,10,12H2,1-3H3,(H,20,22). The molecule has 0 heterocycles. The lowest BCUT2D eigenvalue weighted by Gasteiger charge is -2.12. The van der Waals surface area contributed by atoms with Gasteiger partial charge in [0, 0.05) is 12.1 Å². The van der Waals surface area contributed by atoms with E-state index < -0.39 is 0 Å². The molecule has 0 unspecified atom stereocenters. The van der Waals surface area contributed by atoms with Crippen molar-refractivity contribution in [3.8, 4) is 23.0 Å². The highest BCUT2D eigenvalue weighted by Crippen LogP contribution is 2.28. The van der Waals surface area contributed by atoms with Crippen molar-refractivity contribution in [3.63, 3.8) is 0 Å². The lowest BCUT2D eigenvalue weighted by Crippen LogP contribution is -2.28. The monoisotopic (exact) mass is 359 g/mol. The van der Waals surface area contributed by atoms with E-state index in [1.807, 2.05) is 6.07 Å². The molecular weight excluding hydrogens is 338 g/mol. The zero-order chi connectivity index (χ0) is 18.9. The Morgan fingerprint density at radius 3 is 2.23 bits per heavy atom. The van der Waals surface area contributed by atoms with Gasteiger partial charge in [-0.15, -0.1) is 0 Å². The number of methoxy groups -OCH3 is 3. The first-order valence-electron chi connectivity index (χ1n) is 7.85. The zero-order valence-corrected chi connectivity index (χ0v) is 14.9. The lowest BCUT2D eigenvalue weighted by molar-refractivity contribution is -0.123. The van der Waals surface area contributed by atoms with E-state index in [-0.39, 0.29) is 12.5 Å². The van der Waals surface area contributed by atoms with Gasteiger partial charge >= 0.3 is 0 Å². The van der Waals surface area contributed by atoms with Crippen LogP contribution in [0.4, 0.5) is 0 Å². The quantitative estimate of drug-likeness (QED) is 0.691. The fraction of sp³-hybridized carbons (Fsp3) is 0.263. The Balaban J connectivity index is 1.90. The summed E-state index contributed by atoms with van der Waals surface area (Å²) >= 11 is 0. The topological polar surface area (TPSA) is 83.1 Å². The zero-order valence-electron chi connectivity index (χ0n) is 14.9. The lowest BCUT2D eigenvalue weighted by atomic mass is 10.2. The number of carbonyl (C=O) groups excluding carboxylic acids is 2. The minimum atomic E-state index is -0.290. The predicted molar refractivity (Wildman–Crippen MR) is 95.3 cm³/mol. The van der Waals surface area contributed by atoms with Gasteiger partial charge in [0.15, 0.2) is 29.6 Å². The first kappa shape index (κ1) is 19.1. The molecule has 7 nitrogen and oxygen atoms in total. The molecule has 0 aliphatic rings. The molecule has 2 aromatic rings. The fourth-order valence-corrected chi connectivity index (χ4v) is 2.26. The SMILES string of the molecule is COc1ccc(CNC(=O)COc2ccc(C=O)cc2OC)cc1OC. The van der Waals surface area contributed by atoms with Gasteiger partial charge in [0.1, 0.15) is 6.29 Å².